The number of fused-ring (bicyclic) bond motifs is 1. The first-order valence-corrected chi connectivity index (χ1v) is 7.96. The van der Waals surface area contributed by atoms with Crippen molar-refractivity contribution in [1.82, 2.24) is 14.9 Å². The van der Waals surface area contributed by atoms with E-state index in [-0.39, 0.29) is 0 Å². The Morgan fingerprint density at radius 3 is 2.57 bits per heavy atom. The summed E-state index contributed by atoms with van der Waals surface area (Å²) in [6.07, 6.45) is 0. The van der Waals surface area contributed by atoms with Crippen molar-refractivity contribution in [2.75, 3.05) is 7.11 Å². The van der Waals surface area contributed by atoms with Gasteiger partial charge >= 0.3 is 0 Å². The van der Waals surface area contributed by atoms with E-state index in [9.17, 15) is 0 Å². The smallest absolute Gasteiger partial charge is 0.121 e. The van der Waals surface area contributed by atoms with Gasteiger partial charge in [-0.3, -0.25) is 4.90 Å². The van der Waals surface area contributed by atoms with Crippen LogP contribution in [-0.4, -0.2) is 28.0 Å². The number of hydrogen-bond donors (Lipinski definition) is 1. The number of nitrogens with zero attached hydrogens (tertiary/aromatic N) is 2. The van der Waals surface area contributed by atoms with Gasteiger partial charge in [0.05, 0.1) is 24.7 Å². The lowest BCUT2D eigenvalue weighted by Crippen LogP contribution is -2.30. The summed E-state index contributed by atoms with van der Waals surface area (Å²) in [6, 6.07) is 16.9. The van der Waals surface area contributed by atoms with E-state index < -0.39 is 0 Å². The van der Waals surface area contributed by atoms with Crippen LogP contribution in [-0.2, 0) is 13.1 Å². The molecule has 0 atom stereocenters. The van der Waals surface area contributed by atoms with Gasteiger partial charge < -0.3 is 9.72 Å². The topological polar surface area (TPSA) is 41.1 Å². The van der Waals surface area contributed by atoms with Crippen LogP contribution in [0, 0.1) is 0 Å². The predicted octanol–water partition coefficient (Wildman–Crippen LogP) is 3.98. The molecule has 0 spiro atoms. The number of nitrogens with one attached hydrogen (secondary N) is 1. The lowest BCUT2D eigenvalue weighted by atomic mass is 10.2. The lowest BCUT2D eigenvalue weighted by Gasteiger charge is -2.25. The molecule has 1 N–H and O–H groups in total. The highest BCUT2D eigenvalue weighted by atomic mass is 16.5. The number of methoxy groups -OCH3 is 1. The fraction of sp³-hybridized carbons (Fsp3) is 0.316. The molecule has 23 heavy (non-hydrogen) atoms. The molecular formula is C19H23N3O. The van der Waals surface area contributed by atoms with E-state index in [1.165, 1.54) is 5.56 Å². The molecule has 4 heteroatoms. The van der Waals surface area contributed by atoms with Gasteiger partial charge in [-0.25, -0.2) is 4.98 Å². The maximum absolute atomic E-state index is 5.27. The lowest BCUT2D eigenvalue weighted by molar-refractivity contribution is 0.199. The molecule has 2 aromatic carbocycles. The minimum Gasteiger partial charge on any atom is -0.497 e. The second kappa shape index (κ2) is 6.84. The van der Waals surface area contributed by atoms with Crippen LogP contribution in [0.3, 0.4) is 0 Å². The number of benzene rings is 2. The van der Waals surface area contributed by atoms with Crippen LogP contribution < -0.4 is 4.74 Å². The zero-order valence-corrected chi connectivity index (χ0v) is 13.9. The zero-order chi connectivity index (χ0) is 16.2. The SMILES string of the molecule is COc1ccc2nc(CN(Cc3ccccc3)C(C)C)[nH]c2c1. The van der Waals surface area contributed by atoms with Gasteiger partial charge in [-0.05, 0) is 31.5 Å². The maximum Gasteiger partial charge on any atom is 0.121 e. The van der Waals surface area contributed by atoms with E-state index in [1.54, 1.807) is 7.11 Å². The van der Waals surface area contributed by atoms with Crippen LogP contribution in [0.2, 0.25) is 0 Å². The van der Waals surface area contributed by atoms with Crippen molar-refractivity contribution in [3.05, 3.63) is 59.9 Å². The van der Waals surface area contributed by atoms with E-state index in [0.717, 1.165) is 35.7 Å². The second-order valence-electron chi connectivity index (χ2n) is 6.05. The highest BCUT2D eigenvalue weighted by Crippen LogP contribution is 2.20. The van der Waals surface area contributed by atoms with Crippen molar-refractivity contribution in [3.8, 4) is 5.75 Å². The summed E-state index contributed by atoms with van der Waals surface area (Å²) in [4.78, 5) is 10.5. The summed E-state index contributed by atoms with van der Waals surface area (Å²) < 4.78 is 5.27. The Morgan fingerprint density at radius 1 is 1.09 bits per heavy atom. The number of rotatable bonds is 6. The monoisotopic (exact) mass is 309 g/mol. The van der Waals surface area contributed by atoms with E-state index in [1.807, 2.05) is 18.2 Å². The maximum atomic E-state index is 5.27. The van der Waals surface area contributed by atoms with Crippen LogP contribution in [0.25, 0.3) is 11.0 Å². The van der Waals surface area contributed by atoms with Gasteiger partial charge in [0.1, 0.15) is 11.6 Å². The summed E-state index contributed by atoms with van der Waals surface area (Å²) in [6.45, 7) is 6.14. The molecular weight excluding hydrogens is 286 g/mol. The average Bonchev–Trinajstić information content (AvgIpc) is 2.96. The molecule has 0 bridgehead atoms. The number of hydrogen-bond acceptors (Lipinski definition) is 3. The van der Waals surface area contributed by atoms with Gasteiger partial charge in [0.2, 0.25) is 0 Å². The van der Waals surface area contributed by atoms with E-state index >= 15 is 0 Å². The van der Waals surface area contributed by atoms with Crippen molar-refractivity contribution in [2.45, 2.75) is 33.0 Å². The molecule has 0 aliphatic carbocycles. The molecule has 0 saturated heterocycles. The van der Waals surface area contributed by atoms with Crippen molar-refractivity contribution >= 4 is 11.0 Å². The predicted molar refractivity (Wildman–Crippen MR) is 93.5 cm³/mol. The van der Waals surface area contributed by atoms with Gasteiger partial charge in [0, 0.05) is 18.7 Å². The van der Waals surface area contributed by atoms with Gasteiger partial charge in [-0.2, -0.15) is 0 Å². The molecule has 0 radical (unpaired) electrons. The van der Waals surface area contributed by atoms with E-state index in [2.05, 4.69) is 54.1 Å². The second-order valence-corrected chi connectivity index (χ2v) is 6.05. The summed E-state index contributed by atoms with van der Waals surface area (Å²) in [5, 5.41) is 0. The molecule has 1 aromatic heterocycles. The number of aromatic amines is 1. The molecule has 0 aliphatic heterocycles. The van der Waals surface area contributed by atoms with Crippen LogP contribution in [0.4, 0.5) is 0 Å². The highest BCUT2D eigenvalue weighted by Gasteiger charge is 2.13. The summed E-state index contributed by atoms with van der Waals surface area (Å²) in [5.74, 6) is 1.83. The molecule has 0 unspecified atom stereocenters. The fourth-order valence-electron chi connectivity index (χ4n) is 2.67. The Bertz CT molecular complexity index is 765. The molecule has 4 nitrogen and oxygen atoms in total. The Kier molecular flexibility index (Phi) is 4.63. The number of imidazole rings is 1. The fourth-order valence-corrected chi connectivity index (χ4v) is 2.67. The third-order valence-corrected chi connectivity index (χ3v) is 4.05. The van der Waals surface area contributed by atoms with Crippen LogP contribution in [0.5, 0.6) is 5.75 Å². The Labute approximate surface area is 137 Å². The number of H-pyrrole nitrogens is 1. The van der Waals surface area contributed by atoms with E-state index in [4.69, 9.17) is 9.72 Å². The third-order valence-electron chi connectivity index (χ3n) is 4.05. The number of ether oxygens (including phenoxy) is 1. The van der Waals surface area contributed by atoms with E-state index in [0.29, 0.717) is 6.04 Å². The summed E-state index contributed by atoms with van der Waals surface area (Å²) in [5.41, 5.74) is 3.31. The van der Waals surface area contributed by atoms with Crippen LogP contribution in [0.15, 0.2) is 48.5 Å². The molecule has 120 valence electrons. The van der Waals surface area contributed by atoms with Gasteiger partial charge in [-0.15, -0.1) is 0 Å². The Hall–Kier alpha value is -2.33. The normalized spacial score (nSPS) is 11.5. The van der Waals surface area contributed by atoms with Crippen LogP contribution in [0.1, 0.15) is 25.2 Å². The quantitative estimate of drug-likeness (QED) is 0.749. The minimum absolute atomic E-state index is 0.443. The molecule has 0 aliphatic rings. The number of aromatic nitrogens is 2. The standard InChI is InChI=1S/C19H23N3O/c1-14(2)22(12-15-7-5-4-6-8-15)13-19-20-17-10-9-16(23-3)11-18(17)21-19/h4-11,14H,12-13H2,1-3H3,(H,20,21). The highest BCUT2D eigenvalue weighted by molar-refractivity contribution is 5.76. The molecule has 1 heterocycles. The Balaban J connectivity index is 1.79. The largest absolute Gasteiger partial charge is 0.497 e. The van der Waals surface area contributed by atoms with Gasteiger partial charge in [0.25, 0.3) is 0 Å². The van der Waals surface area contributed by atoms with Crippen molar-refractivity contribution in [3.63, 3.8) is 0 Å². The third kappa shape index (κ3) is 3.71. The van der Waals surface area contributed by atoms with Crippen molar-refractivity contribution < 1.29 is 4.74 Å². The van der Waals surface area contributed by atoms with Crippen molar-refractivity contribution in [2.24, 2.45) is 0 Å². The molecule has 3 aromatic rings. The Morgan fingerprint density at radius 2 is 1.87 bits per heavy atom. The molecule has 0 saturated carbocycles. The first-order chi connectivity index (χ1) is 11.2. The zero-order valence-electron chi connectivity index (χ0n) is 13.9. The molecule has 0 amide bonds. The first kappa shape index (κ1) is 15.6. The van der Waals surface area contributed by atoms with Crippen LogP contribution >= 0.6 is 0 Å². The summed E-state index contributed by atoms with van der Waals surface area (Å²) >= 11 is 0. The molecule has 3 rings (SSSR count). The minimum atomic E-state index is 0.443. The summed E-state index contributed by atoms with van der Waals surface area (Å²) in [7, 11) is 1.68. The molecule has 0 fully saturated rings. The van der Waals surface area contributed by atoms with Gasteiger partial charge in [-0.1, -0.05) is 30.3 Å². The first-order valence-electron chi connectivity index (χ1n) is 7.96. The average molecular weight is 309 g/mol. The van der Waals surface area contributed by atoms with Crippen molar-refractivity contribution in [1.29, 1.82) is 0 Å². The van der Waals surface area contributed by atoms with Gasteiger partial charge in [0.15, 0.2) is 0 Å².